The Balaban J connectivity index is 0.000000671. The largest absolute Gasteiger partial charge is 0.457 e. The van der Waals surface area contributed by atoms with Gasteiger partial charge in [-0.05, 0) is 37.6 Å². The molecule has 0 spiro atoms. The molecule has 3 rings (SSSR count). The molecule has 24 heavy (non-hydrogen) atoms. The Morgan fingerprint density at radius 3 is 2.42 bits per heavy atom. The van der Waals surface area contributed by atoms with Crippen molar-refractivity contribution in [3.05, 3.63) is 60.4 Å². The fourth-order valence-electron chi connectivity index (χ4n) is 2.12. The maximum Gasteiger partial charge on any atom is 0.133 e. The average molecular weight is 329 g/mol. The molecule has 0 saturated carbocycles. The standard InChI is InChI=1S/C15H14FN3O.C2H6.C2H4/c1-9-4-7-14(10(2)15(9)16)20-11-5-6-13-12(8-11)17-18-19(13)3;2*1-2/h4-8H,1-3H3;1-2H3;1-2H2. The molecule has 2 aromatic carbocycles. The molecule has 3 aromatic rings. The lowest BCUT2D eigenvalue weighted by Crippen LogP contribution is -1.93. The van der Waals surface area contributed by atoms with Gasteiger partial charge in [0.2, 0.25) is 0 Å². The lowest BCUT2D eigenvalue weighted by molar-refractivity contribution is 0.471. The van der Waals surface area contributed by atoms with Gasteiger partial charge in [0.15, 0.2) is 0 Å². The van der Waals surface area contributed by atoms with Crippen molar-refractivity contribution in [2.75, 3.05) is 0 Å². The summed E-state index contributed by atoms with van der Waals surface area (Å²) in [7, 11) is 1.83. The molecule has 0 bridgehead atoms. The quantitative estimate of drug-likeness (QED) is 0.595. The van der Waals surface area contributed by atoms with E-state index in [1.165, 1.54) is 0 Å². The predicted octanol–water partition coefficient (Wildman–Crippen LogP) is 5.34. The van der Waals surface area contributed by atoms with Crippen molar-refractivity contribution in [3.63, 3.8) is 0 Å². The first-order valence-corrected chi connectivity index (χ1v) is 7.79. The molecule has 0 saturated heterocycles. The summed E-state index contributed by atoms with van der Waals surface area (Å²) < 4.78 is 21.3. The number of halogens is 1. The zero-order chi connectivity index (χ0) is 18.3. The summed E-state index contributed by atoms with van der Waals surface area (Å²) in [6.07, 6.45) is 0. The third kappa shape index (κ3) is 3.98. The van der Waals surface area contributed by atoms with Gasteiger partial charge >= 0.3 is 0 Å². The fraction of sp³-hybridized carbons (Fsp3) is 0.263. The molecule has 0 aliphatic rings. The number of ether oxygens (including phenoxy) is 1. The van der Waals surface area contributed by atoms with Crippen LogP contribution in [0.5, 0.6) is 11.5 Å². The van der Waals surface area contributed by atoms with E-state index in [0.717, 1.165) is 11.0 Å². The average Bonchev–Trinajstić information content (AvgIpc) is 2.99. The highest BCUT2D eigenvalue weighted by atomic mass is 19.1. The van der Waals surface area contributed by atoms with Gasteiger partial charge in [0, 0.05) is 18.7 Å². The van der Waals surface area contributed by atoms with Crippen LogP contribution in [0.1, 0.15) is 25.0 Å². The Hall–Kier alpha value is -2.69. The molecule has 0 unspecified atom stereocenters. The topological polar surface area (TPSA) is 39.9 Å². The maximum absolute atomic E-state index is 13.8. The second kappa shape index (κ2) is 8.82. The van der Waals surface area contributed by atoms with E-state index in [1.807, 2.05) is 33.0 Å². The zero-order valence-corrected chi connectivity index (χ0v) is 14.9. The van der Waals surface area contributed by atoms with Crippen LogP contribution in [0, 0.1) is 19.7 Å². The van der Waals surface area contributed by atoms with Crippen LogP contribution in [-0.2, 0) is 7.05 Å². The summed E-state index contributed by atoms with van der Waals surface area (Å²) in [6.45, 7) is 13.4. The fourth-order valence-corrected chi connectivity index (χ4v) is 2.12. The van der Waals surface area contributed by atoms with Crippen molar-refractivity contribution in [3.8, 4) is 11.5 Å². The summed E-state index contributed by atoms with van der Waals surface area (Å²) in [5.74, 6) is 0.892. The first-order chi connectivity index (χ1) is 11.6. The molecule has 5 heteroatoms. The van der Waals surface area contributed by atoms with Gasteiger partial charge in [-0.1, -0.05) is 25.1 Å². The van der Waals surface area contributed by atoms with Crippen LogP contribution in [0.4, 0.5) is 4.39 Å². The van der Waals surface area contributed by atoms with Crippen LogP contribution in [0.25, 0.3) is 11.0 Å². The van der Waals surface area contributed by atoms with E-state index in [1.54, 1.807) is 36.7 Å². The van der Waals surface area contributed by atoms with Crippen LogP contribution >= 0.6 is 0 Å². The van der Waals surface area contributed by atoms with E-state index in [-0.39, 0.29) is 5.82 Å². The van der Waals surface area contributed by atoms with Crippen molar-refractivity contribution < 1.29 is 9.13 Å². The molecule has 0 aliphatic heterocycles. The van der Waals surface area contributed by atoms with Gasteiger partial charge < -0.3 is 4.74 Å². The highest BCUT2D eigenvalue weighted by molar-refractivity contribution is 5.76. The summed E-state index contributed by atoms with van der Waals surface area (Å²) >= 11 is 0. The predicted molar refractivity (Wildman–Crippen MR) is 97.1 cm³/mol. The Labute approximate surface area is 142 Å². The van der Waals surface area contributed by atoms with E-state index in [0.29, 0.717) is 22.6 Å². The van der Waals surface area contributed by atoms with Crippen LogP contribution in [-0.4, -0.2) is 15.0 Å². The normalized spacial score (nSPS) is 9.58. The molecule has 0 N–H and O–H groups in total. The number of benzene rings is 2. The first-order valence-electron chi connectivity index (χ1n) is 7.79. The number of hydrogen-bond acceptors (Lipinski definition) is 3. The Morgan fingerprint density at radius 2 is 1.75 bits per heavy atom. The Kier molecular flexibility index (Phi) is 7.11. The number of nitrogens with zero attached hydrogens (tertiary/aromatic N) is 3. The third-order valence-electron chi connectivity index (χ3n) is 3.34. The first kappa shape index (κ1) is 19.4. The van der Waals surface area contributed by atoms with Gasteiger partial charge in [0.25, 0.3) is 0 Å². The molecular formula is C19H24FN3O. The van der Waals surface area contributed by atoms with Gasteiger partial charge in [-0.2, -0.15) is 0 Å². The monoisotopic (exact) mass is 329 g/mol. The molecule has 0 radical (unpaired) electrons. The lowest BCUT2D eigenvalue weighted by atomic mass is 10.1. The SMILES string of the molecule is C=C.CC.Cc1ccc(Oc2ccc3c(c2)nnn3C)c(C)c1F. The minimum Gasteiger partial charge on any atom is -0.457 e. The van der Waals surface area contributed by atoms with Crippen molar-refractivity contribution in [1.82, 2.24) is 15.0 Å². The molecule has 1 heterocycles. The number of aryl methyl sites for hydroxylation is 2. The lowest BCUT2D eigenvalue weighted by Gasteiger charge is -2.10. The molecule has 0 aliphatic carbocycles. The summed E-state index contributed by atoms with van der Waals surface area (Å²) in [5, 5.41) is 7.97. The minimum atomic E-state index is -0.233. The number of rotatable bonds is 2. The molecule has 0 fully saturated rings. The summed E-state index contributed by atoms with van der Waals surface area (Å²) in [4.78, 5) is 0. The number of aromatic nitrogens is 3. The van der Waals surface area contributed by atoms with Crippen LogP contribution in [0.15, 0.2) is 43.5 Å². The molecule has 4 nitrogen and oxygen atoms in total. The summed E-state index contributed by atoms with van der Waals surface area (Å²) in [5.41, 5.74) is 2.78. The highest BCUT2D eigenvalue weighted by Gasteiger charge is 2.10. The zero-order valence-electron chi connectivity index (χ0n) is 14.9. The van der Waals surface area contributed by atoms with E-state index in [4.69, 9.17) is 4.74 Å². The number of fused-ring (bicyclic) bond motifs is 1. The van der Waals surface area contributed by atoms with Crippen molar-refractivity contribution in [1.29, 1.82) is 0 Å². The maximum atomic E-state index is 13.8. The van der Waals surface area contributed by atoms with Gasteiger partial charge in [-0.3, -0.25) is 0 Å². The molecule has 0 atom stereocenters. The molecule has 128 valence electrons. The van der Waals surface area contributed by atoms with Crippen LogP contribution in [0.3, 0.4) is 0 Å². The van der Waals surface area contributed by atoms with E-state index in [9.17, 15) is 4.39 Å². The van der Waals surface area contributed by atoms with Gasteiger partial charge in [-0.25, -0.2) is 9.07 Å². The van der Waals surface area contributed by atoms with E-state index in [2.05, 4.69) is 23.5 Å². The Morgan fingerprint density at radius 1 is 1.08 bits per heavy atom. The second-order valence-electron chi connectivity index (χ2n) is 4.79. The van der Waals surface area contributed by atoms with Gasteiger partial charge in [0.05, 0.1) is 5.52 Å². The summed E-state index contributed by atoms with van der Waals surface area (Å²) in [6, 6.07) is 8.97. The molecular weight excluding hydrogens is 305 g/mol. The molecule has 1 aromatic heterocycles. The molecule has 0 amide bonds. The van der Waals surface area contributed by atoms with E-state index >= 15 is 0 Å². The third-order valence-corrected chi connectivity index (χ3v) is 3.34. The van der Waals surface area contributed by atoms with Crippen LogP contribution in [0.2, 0.25) is 0 Å². The van der Waals surface area contributed by atoms with Gasteiger partial charge in [-0.15, -0.1) is 18.3 Å². The highest BCUT2D eigenvalue weighted by Crippen LogP contribution is 2.29. The number of hydrogen-bond donors (Lipinski definition) is 0. The second-order valence-corrected chi connectivity index (χ2v) is 4.79. The van der Waals surface area contributed by atoms with Gasteiger partial charge in [0.1, 0.15) is 22.8 Å². The van der Waals surface area contributed by atoms with Crippen molar-refractivity contribution in [2.45, 2.75) is 27.7 Å². The Bertz CT molecular complexity index is 812. The minimum absolute atomic E-state index is 0.233. The van der Waals surface area contributed by atoms with E-state index < -0.39 is 0 Å². The smallest absolute Gasteiger partial charge is 0.133 e. The van der Waals surface area contributed by atoms with Crippen molar-refractivity contribution in [2.24, 2.45) is 7.05 Å². The van der Waals surface area contributed by atoms with Crippen LogP contribution < -0.4 is 4.74 Å². The van der Waals surface area contributed by atoms with Crippen molar-refractivity contribution >= 4 is 11.0 Å².